The molecule has 1 aromatic rings. The summed E-state index contributed by atoms with van der Waals surface area (Å²) in [6.45, 7) is 2.23. The van der Waals surface area contributed by atoms with Gasteiger partial charge in [0, 0.05) is 6.54 Å². The SMILES string of the molecule is COC(=O)c1cccc([C@H]2COCCN2)c1.Cl. The van der Waals surface area contributed by atoms with Crippen LogP contribution in [-0.2, 0) is 9.47 Å². The van der Waals surface area contributed by atoms with Crippen molar-refractivity contribution >= 4 is 18.4 Å². The van der Waals surface area contributed by atoms with Crippen LogP contribution in [0.3, 0.4) is 0 Å². The maximum absolute atomic E-state index is 11.4. The lowest BCUT2D eigenvalue weighted by atomic mass is 10.0. The number of carbonyl (C=O) groups excluding carboxylic acids is 1. The van der Waals surface area contributed by atoms with E-state index in [0.29, 0.717) is 12.2 Å². The zero-order valence-electron chi connectivity index (χ0n) is 9.64. The Labute approximate surface area is 107 Å². The van der Waals surface area contributed by atoms with Crippen molar-refractivity contribution < 1.29 is 14.3 Å². The Kier molecular flexibility index (Phi) is 5.41. The van der Waals surface area contributed by atoms with Gasteiger partial charge in [-0.25, -0.2) is 4.79 Å². The fourth-order valence-electron chi connectivity index (χ4n) is 1.78. The molecule has 5 heteroatoms. The Hall–Kier alpha value is -1.10. The van der Waals surface area contributed by atoms with E-state index in [0.717, 1.165) is 18.7 Å². The molecule has 0 amide bonds. The van der Waals surface area contributed by atoms with Crippen molar-refractivity contribution in [2.45, 2.75) is 6.04 Å². The van der Waals surface area contributed by atoms with Crippen molar-refractivity contribution in [3.63, 3.8) is 0 Å². The van der Waals surface area contributed by atoms with Gasteiger partial charge in [-0.3, -0.25) is 0 Å². The van der Waals surface area contributed by atoms with Crippen LogP contribution in [0.5, 0.6) is 0 Å². The van der Waals surface area contributed by atoms with Crippen LogP contribution in [0.15, 0.2) is 24.3 Å². The molecule has 1 aliphatic rings. The van der Waals surface area contributed by atoms with E-state index in [4.69, 9.17) is 4.74 Å². The number of esters is 1. The fourth-order valence-corrected chi connectivity index (χ4v) is 1.78. The zero-order valence-corrected chi connectivity index (χ0v) is 10.5. The highest BCUT2D eigenvalue weighted by Gasteiger charge is 2.16. The summed E-state index contributed by atoms with van der Waals surface area (Å²) in [6.07, 6.45) is 0. The predicted molar refractivity (Wildman–Crippen MR) is 66.6 cm³/mol. The van der Waals surface area contributed by atoms with E-state index in [1.165, 1.54) is 7.11 Å². The maximum atomic E-state index is 11.4. The van der Waals surface area contributed by atoms with E-state index in [1.807, 2.05) is 18.2 Å². The largest absolute Gasteiger partial charge is 0.465 e. The first kappa shape index (κ1) is 14.0. The molecule has 1 aliphatic heterocycles. The van der Waals surface area contributed by atoms with Gasteiger partial charge in [0.2, 0.25) is 0 Å². The molecule has 0 aromatic heterocycles. The third-order valence-electron chi connectivity index (χ3n) is 2.63. The Bertz CT molecular complexity index is 378. The predicted octanol–water partition coefficient (Wildman–Crippen LogP) is 1.56. The van der Waals surface area contributed by atoms with Gasteiger partial charge in [0.25, 0.3) is 0 Å². The molecule has 94 valence electrons. The Morgan fingerprint density at radius 1 is 1.53 bits per heavy atom. The van der Waals surface area contributed by atoms with Crippen LogP contribution in [-0.4, -0.2) is 32.8 Å². The first-order valence-corrected chi connectivity index (χ1v) is 5.30. The summed E-state index contributed by atoms with van der Waals surface area (Å²) < 4.78 is 10.1. The summed E-state index contributed by atoms with van der Waals surface area (Å²) in [4.78, 5) is 11.4. The van der Waals surface area contributed by atoms with Crippen LogP contribution in [0.1, 0.15) is 22.0 Å². The molecule has 0 radical (unpaired) electrons. The fraction of sp³-hybridized carbons (Fsp3) is 0.417. The van der Waals surface area contributed by atoms with Crippen LogP contribution in [0.4, 0.5) is 0 Å². The minimum atomic E-state index is -0.307. The van der Waals surface area contributed by atoms with Gasteiger partial charge in [-0.05, 0) is 17.7 Å². The van der Waals surface area contributed by atoms with Gasteiger partial charge in [-0.2, -0.15) is 0 Å². The Morgan fingerprint density at radius 3 is 3.00 bits per heavy atom. The molecule has 2 rings (SSSR count). The highest BCUT2D eigenvalue weighted by atomic mass is 35.5. The third kappa shape index (κ3) is 3.43. The average Bonchev–Trinajstić information content (AvgIpc) is 2.39. The monoisotopic (exact) mass is 257 g/mol. The molecule has 1 saturated heterocycles. The maximum Gasteiger partial charge on any atom is 0.337 e. The standard InChI is InChI=1S/C12H15NO3.ClH/c1-15-12(14)10-4-2-3-9(7-10)11-8-16-6-5-13-11;/h2-4,7,11,13H,5-6,8H2,1H3;1H/t11-;/m1./s1. The molecule has 0 bridgehead atoms. The summed E-state index contributed by atoms with van der Waals surface area (Å²) in [7, 11) is 1.39. The number of carbonyl (C=O) groups is 1. The van der Waals surface area contributed by atoms with Gasteiger partial charge in [0.1, 0.15) is 0 Å². The zero-order chi connectivity index (χ0) is 11.4. The molecule has 4 nitrogen and oxygen atoms in total. The summed E-state index contributed by atoms with van der Waals surface area (Å²) in [6, 6.07) is 7.60. The minimum Gasteiger partial charge on any atom is -0.465 e. The molecule has 1 N–H and O–H groups in total. The second-order valence-electron chi connectivity index (χ2n) is 3.70. The molecular formula is C12H16ClNO3. The van der Waals surface area contributed by atoms with Crippen LogP contribution in [0.2, 0.25) is 0 Å². The number of hydrogen-bond donors (Lipinski definition) is 1. The molecule has 1 fully saturated rings. The quantitative estimate of drug-likeness (QED) is 0.817. The van der Waals surface area contributed by atoms with Crippen molar-refractivity contribution in [2.75, 3.05) is 26.9 Å². The molecule has 0 unspecified atom stereocenters. The van der Waals surface area contributed by atoms with Crippen molar-refractivity contribution in [1.29, 1.82) is 0 Å². The van der Waals surface area contributed by atoms with E-state index < -0.39 is 0 Å². The van der Waals surface area contributed by atoms with Crippen LogP contribution in [0, 0.1) is 0 Å². The summed E-state index contributed by atoms with van der Waals surface area (Å²) in [5.74, 6) is -0.307. The van der Waals surface area contributed by atoms with Gasteiger partial charge in [-0.15, -0.1) is 12.4 Å². The average molecular weight is 258 g/mol. The van der Waals surface area contributed by atoms with E-state index in [9.17, 15) is 4.79 Å². The summed E-state index contributed by atoms with van der Waals surface area (Å²) >= 11 is 0. The van der Waals surface area contributed by atoms with E-state index >= 15 is 0 Å². The van der Waals surface area contributed by atoms with Crippen molar-refractivity contribution in [1.82, 2.24) is 5.32 Å². The smallest absolute Gasteiger partial charge is 0.337 e. The number of ether oxygens (including phenoxy) is 2. The Balaban J connectivity index is 0.00000144. The molecule has 17 heavy (non-hydrogen) atoms. The first-order chi connectivity index (χ1) is 7.81. The third-order valence-corrected chi connectivity index (χ3v) is 2.63. The van der Waals surface area contributed by atoms with E-state index in [2.05, 4.69) is 10.1 Å². The molecule has 0 saturated carbocycles. The lowest BCUT2D eigenvalue weighted by molar-refractivity contribution is 0.0599. The number of nitrogens with one attached hydrogen (secondary N) is 1. The lowest BCUT2D eigenvalue weighted by Gasteiger charge is -2.24. The summed E-state index contributed by atoms with van der Waals surface area (Å²) in [5, 5.41) is 3.34. The molecule has 0 spiro atoms. The van der Waals surface area contributed by atoms with Gasteiger partial charge < -0.3 is 14.8 Å². The second-order valence-corrected chi connectivity index (χ2v) is 3.70. The highest BCUT2D eigenvalue weighted by molar-refractivity contribution is 5.89. The Morgan fingerprint density at radius 2 is 2.35 bits per heavy atom. The number of morpholine rings is 1. The van der Waals surface area contributed by atoms with Crippen LogP contribution < -0.4 is 5.32 Å². The number of rotatable bonds is 2. The topological polar surface area (TPSA) is 47.6 Å². The van der Waals surface area contributed by atoms with Gasteiger partial charge in [0.05, 0.1) is 31.9 Å². The summed E-state index contributed by atoms with van der Waals surface area (Å²) in [5.41, 5.74) is 1.63. The molecule has 1 aromatic carbocycles. The van der Waals surface area contributed by atoms with E-state index in [-0.39, 0.29) is 24.4 Å². The van der Waals surface area contributed by atoms with Crippen LogP contribution in [0.25, 0.3) is 0 Å². The number of benzene rings is 1. The molecule has 0 aliphatic carbocycles. The van der Waals surface area contributed by atoms with Gasteiger partial charge in [-0.1, -0.05) is 12.1 Å². The van der Waals surface area contributed by atoms with Crippen molar-refractivity contribution in [2.24, 2.45) is 0 Å². The van der Waals surface area contributed by atoms with Crippen LogP contribution >= 0.6 is 12.4 Å². The van der Waals surface area contributed by atoms with E-state index in [1.54, 1.807) is 6.07 Å². The molecule has 1 atom stereocenters. The van der Waals surface area contributed by atoms with Crippen molar-refractivity contribution in [3.8, 4) is 0 Å². The minimum absolute atomic E-state index is 0. The van der Waals surface area contributed by atoms with Gasteiger partial charge >= 0.3 is 5.97 Å². The first-order valence-electron chi connectivity index (χ1n) is 5.30. The number of methoxy groups -OCH3 is 1. The number of hydrogen-bond acceptors (Lipinski definition) is 4. The van der Waals surface area contributed by atoms with Crippen molar-refractivity contribution in [3.05, 3.63) is 35.4 Å². The molecule has 1 heterocycles. The second kappa shape index (κ2) is 6.59. The van der Waals surface area contributed by atoms with Gasteiger partial charge in [0.15, 0.2) is 0 Å². The normalized spacial score (nSPS) is 19.2. The highest BCUT2D eigenvalue weighted by Crippen LogP contribution is 2.17. The molecular weight excluding hydrogens is 242 g/mol. The number of halogens is 1. The lowest BCUT2D eigenvalue weighted by Crippen LogP contribution is -2.34.